The van der Waals surface area contributed by atoms with Crippen LogP contribution in [0.1, 0.15) is 16.7 Å². The number of fused-ring (bicyclic) bond motifs is 3. The predicted octanol–water partition coefficient (Wildman–Crippen LogP) is 2.68. The van der Waals surface area contributed by atoms with Crippen molar-refractivity contribution in [2.45, 2.75) is 24.4 Å². The van der Waals surface area contributed by atoms with Crippen molar-refractivity contribution in [1.82, 2.24) is 10.2 Å². The Morgan fingerprint density at radius 3 is 1.97 bits per heavy atom. The summed E-state index contributed by atoms with van der Waals surface area (Å²) in [5.41, 5.74) is 5.82. The monoisotopic (exact) mass is 435 g/mol. The third-order valence-electron chi connectivity index (χ3n) is 5.47. The first kappa shape index (κ1) is 21.2. The van der Waals surface area contributed by atoms with Crippen molar-refractivity contribution in [3.8, 4) is 11.1 Å². The molecule has 3 aromatic carbocycles. The van der Waals surface area contributed by atoms with Crippen molar-refractivity contribution in [2.24, 2.45) is 5.14 Å². The maximum absolute atomic E-state index is 12.6. The third kappa shape index (κ3) is 5.19. The standard InChI is InChI=1S/C24H25N3O3S/c25-31(29,30)21-11-9-18(10-12-21)13-14-26-24(28)17-27-15-19-5-1-3-7-22(19)23-8-4-2-6-20(23)16-27/h1-12H,13-17H2,(H,26,28)(H2,25,29,30). The number of carbonyl (C=O) groups excluding carboxylic acids is 1. The van der Waals surface area contributed by atoms with E-state index in [1.807, 2.05) is 24.3 Å². The SMILES string of the molecule is NS(=O)(=O)c1ccc(CCNC(=O)CN2Cc3ccccc3-c3ccccc3C2)cc1. The number of nitrogens with zero attached hydrogens (tertiary/aromatic N) is 1. The van der Waals surface area contributed by atoms with Crippen LogP contribution in [-0.4, -0.2) is 32.3 Å². The molecule has 0 aromatic heterocycles. The van der Waals surface area contributed by atoms with E-state index < -0.39 is 10.0 Å². The molecule has 0 fully saturated rings. The van der Waals surface area contributed by atoms with E-state index in [4.69, 9.17) is 5.14 Å². The van der Waals surface area contributed by atoms with Crippen molar-refractivity contribution in [2.75, 3.05) is 13.1 Å². The van der Waals surface area contributed by atoms with Crippen molar-refractivity contribution in [3.63, 3.8) is 0 Å². The summed E-state index contributed by atoms with van der Waals surface area (Å²) in [6.45, 7) is 2.22. The van der Waals surface area contributed by atoms with Crippen molar-refractivity contribution in [3.05, 3.63) is 89.5 Å². The van der Waals surface area contributed by atoms with E-state index in [2.05, 4.69) is 34.5 Å². The number of nitrogens with one attached hydrogen (secondary N) is 1. The van der Waals surface area contributed by atoms with E-state index in [-0.39, 0.29) is 10.8 Å². The van der Waals surface area contributed by atoms with E-state index in [0.29, 0.717) is 32.6 Å². The van der Waals surface area contributed by atoms with Gasteiger partial charge in [-0.1, -0.05) is 60.7 Å². The molecule has 3 N–H and O–H groups in total. The molecule has 0 unspecified atom stereocenters. The first-order valence-corrected chi connectivity index (χ1v) is 11.7. The van der Waals surface area contributed by atoms with E-state index in [9.17, 15) is 13.2 Å². The average Bonchev–Trinajstić information content (AvgIpc) is 2.89. The fraction of sp³-hybridized carbons (Fsp3) is 0.208. The largest absolute Gasteiger partial charge is 0.355 e. The highest BCUT2D eigenvalue weighted by atomic mass is 32.2. The molecular weight excluding hydrogens is 410 g/mol. The molecule has 0 saturated carbocycles. The van der Waals surface area contributed by atoms with Gasteiger partial charge in [-0.3, -0.25) is 9.69 Å². The maximum atomic E-state index is 12.6. The topological polar surface area (TPSA) is 92.5 Å². The molecule has 0 spiro atoms. The van der Waals surface area contributed by atoms with Crippen LogP contribution in [0.4, 0.5) is 0 Å². The molecule has 1 aliphatic heterocycles. The Kier molecular flexibility index (Phi) is 6.18. The minimum Gasteiger partial charge on any atom is -0.355 e. The number of hydrogen-bond donors (Lipinski definition) is 2. The number of amides is 1. The first-order chi connectivity index (χ1) is 14.9. The van der Waals surface area contributed by atoms with Crippen LogP contribution >= 0.6 is 0 Å². The molecule has 1 aliphatic rings. The molecule has 0 saturated heterocycles. The molecule has 0 atom stereocenters. The fourth-order valence-electron chi connectivity index (χ4n) is 3.94. The molecule has 1 heterocycles. The number of rotatable bonds is 6. The molecule has 7 heteroatoms. The van der Waals surface area contributed by atoms with Gasteiger partial charge in [0.15, 0.2) is 0 Å². The lowest BCUT2D eigenvalue weighted by atomic mass is 9.97. The molecule has 3 aromatic rings. The number of benzene rings is 3. The van der Waals surface area contributed by atoms with Crippen molar-refractivity contribution in [1.29, 1.82) is 0 Å². The van der Waals surface area contributed by atoms with Crippen LogP contribution in [0, 0.1) is 0 Å². The number of carbonyl (C=O) groups is 1. The van der Waals surface area contributed by atoms with E-state index >= 15 is 0 Å². The van der Waals surface area contributed by atoms with Crippen LogP contribution < -0.4 is 10.5 Å². The zero-order valence-electron chi connectivity index (χ0n) is 17.1. The van der Waals surface area contributed by atoms with E-state index in [1.165, 1.54) is 34.4 Å². The molecule has 0 bridgehead atoms. The van der Waals surface area contributed by atoms with Gasteiger partial charge in [-0.25, -0.2) is 13.6 Å². The van der Waals surface area contributed by atoms with Gasteiger partial charge < -0.3 is 5.32 Å². The summed E-state index contributed by atoms with van der Waals surface area (Å²) >= 11 is 0. The Bertz CT molecular complexity index is 1140. The van der Waals surface area contributed by atoms with Gasteiger partial charge in [-0.15, -0.1) is 0 Å². The molecule has 31 heavy (non-hydrogen) atoms. The molecule has 6 nitrogen and oxygen atoms in total. The lowest BCUT2D eigenvalue weighted by molar-refractivity contribution is -0.122. The average molecular weight is 436 g/mol. The Balaban J connectivity index is 1.36. The third-order valence-corrected chi connectivity index (χ3v) is 6.40. The Hall–Kier alpha value is -3.00. The second-order valence-electron chi connectivity index (χ2n) is 7.75. The van der Waals surface area contributed by atoms with Crippen LogP contribution in [0.3, 0.4) is 0 Å². The predicted molar refractivity (Wildman–Crippen MR) is 121 cm³/mol. The van der Waals surface area contributed by atoms with Gasteiger partial charge in [-0.05, 0) is 46.4 Å². The molecule has 160 valence electrons. The minimum absolute atomic E-state index is 0.0296. The lowest BCUT2D eigenvalue weighted by Gasteiger charge is -2.20. The maximum Gasteiger partial charge on any atom is 0.238 e. The second kappa shape index (κ2) is 9.01. The quantitative estimate of drug-likeness (QED) is 0.623. The van der Waals surface area contributed by atoms with Crippen LogP contribution in [0.2, 0.25) is 0 Å². The van der Waals surface area contributed by atoms with Gasteiger partial charge in [0.1, 0.15) is 0 Å². The zero-order chi connectivity index (χ0) is 21.8. The summed E-state index contributed by atoms with van der Waals surface area (Å²) in [6, 6.07) is 23.1. The molecule has 4 rings (SSSR count). The number of nitrogens with two attached hydrogens (primary N) is 1. The summed E-state index contributed by atoms with van der Waals surface area (Å²) in [7, 11) is -3.69. The summed E-state index contributed by atoms with van der Waals surface area (Å²) in [5.74, 6) is -0.0296. The molecule has 0 radical (unpaired) electrons. The van der Waals surface area contributed by atoms with Gasteiger partial charge in [0.25, 0.3) is 0 Å². The second-order valence-corrected chi connectivity index (χ2v) is 9.31. The Morgan fingerprint density at radius 1 is 0.871 bits per heavy atom. The van der Waals surface area contributed by atoms with E-state index in [0.717, 1.165) is 5.56 Å². The highest BCUT2D eigenvalue weighted by molar-refractivity contribution is 7.89. The Morgan fingerprint density at radius 2 is 1.42 bits per heavy atom. The van der Waals surface area contributed by atoms with Gasteiger partial charge >= 0.3 is 0 Å². The van der Waals surface area contributed by atoms with Gasteiger partial charge in [0, 0.05) is 19.6 Å². The van der Waals surface area contributed by atoms with Crippen molar-refractivity contribution < 1.29 is 13.2 Å². The van der Waals surface area contributed by atoms with Crippen LogP contribution in [0.5, 0.6) is 0 Å². The summed E-state index contributed by atoms with van der Waals surface area (Å²) < 4.78 is 22.7. The summed E-state index contributed by atoms with van der Waals surface area (Å²) in [4.78, 5) is 14.8. The minimum atomic E-state index is -3.69. The van der Waals surface area contributed by atoms with Gasteiger partial charge in [-0.2, -0.15) is 0 Å². The molecule has 1 amide bonds. The number of primary sulfonamides is 1. The van der Waals surface area contributed by atoms with Crippen LogP contribution in [0.25, 0.3) is 11.1 Å². The summed E-state index contributed by atoms with van der Waals surface area (Å²) in [5, 5.41) is 8.09. The molecule has 0 aliphatic carbocycles. The smallest absolute Gasteiger partial charge is 0.238 e. The highest BCUT2D eigenvalue weighted by Crippen LogP contribution is 2.32. The molecular formula is C24H25N3O3S. The van der Waals surface area contributed by atoms with Crippen molar-refractivity contribution >= 4 is 15.9 Å². The van der Waals surface area contributed by atoms with Crippen LogP contribution in [0.15, 0.2) is 77.7 Å². The zero-order valence-corrected chi connectivity index (χ0v) is 17.9. The number of sulfonamides is 1. The Labute approximate surface area is 182 Å². The fourth-order valence-corrected chi connectivity index (χ4v) is 4.46. The van der Waals surface area contributed by atoms with E-state index in [1.54, 1.807) is 12.1 Å². The first-order valence-electron chi connectivity index (χ1n) is 10.2. The summed E-state index contributed by atoms with van der Waals surface area (Å²) in [6.07, 6.45) is 0.613. The van der Waals surface area contributed by atoms with Gasteiger partial charge in [0.2, 0.25) is 15.9 Å². The highest BCUT2D eigenvalue weighted by Gasteiger charge is 2.20. The lowest BCUT2D eigenvalue weighted by Crippen LogP contribution is -2.37. The number of hydrogen-bond acceptors (Lipinski definition) is 4. The van der Waals surface area contributed by atoms with Gasteiger partial charge in [0.05, 0.1) is 11.4 Å². The normalized spacial score (nSPS) is 13.7. The van der Waals surface area contributed by atoms with Crippen LogP contribution in [-0.2, 0) is 34.3 Å².